The first-order valence-corrected chi connectivity index (χ1v) is 8.43. The van der Waals surface area contributed by atoms with Crippen LogP contribution in [0.5, 0.6) is 0 Å². The van der Waals surface area contributed by atoms with E-state index in [4.69, 9.17) is 0 Å². The third kappa shape index (κ3) is 3.14. The lowest BCUT2D eigenvalue weighted by molar-refractivity contribution is -0.141. The summed E-state index contributed by atoms with van der Waals surface area (Å²) < 4.78 is 0. The molecule has 2 saturated heterocycles. The molecule has 3 aliphatic rings. The second-order valence-electron chi connectivity index (χ2n) is 6.91. The molecule has 0 aromatic heterocycles. The summed E-state index contributed by atoms with van der Waals surface area (Å²) >= 11 is 0. The fourth-order valence-electron chi connectivity index (χ4n) is 3.57. The van der Waals surface area contributed by atoms with Crippen molar-refractivity contribution in [1.29, 1.82) is 0 Å². The maximum Gasteiger partial charge on any atom is 0.247 e. The van der Waals surface area contributed by atoms with E-state index < -0.39 is 0 Å². The SMILES string of the molecule is CCC(C)N1C(=O)CC(NCC2CCN(C3CC3)C2)C1=O. The van der Waals surface area contributed by atoms with Gasteiger partial charge in [0, 0.05) is 18.6 Å². The molecule has 1 saturated carbocycles. The van der Waals surface area contributed by atoms with Crippen molar-refractivity contribution in [2.45, 2.75) is 64.1 Å². The molecule has 21 heavy (non-hydrogen) atoms. The largest absolute Gasteiger partial charge is 0.305 e. The van der Waals surface area contributed by atoms with Crippen molar-refractivity contribution in [1.82, 2.24) is 15.1 Å². The molecule has 3 fully saturated rings. The van der Waals surface area contributed by atoms with Crippen molar-refractivity contribution in [3.63, 3.8) is 0 Å². The third-order valence-electron chi connectivity index (χ3n) is 5.25. The molecule has 118 valence electrons. The van der Waals surface area contributed by atoms with Gasteiger partial charge in [-0.25, -0.2) is 0 Å². The topological polar surface area (TPSA) is 52.7 Å². The minimum atomic E-state index is -0.290. The average molecular weight is 293 g/mol. The highest BCUT2D eigenvalue weighted by molar-refractivity contribution is 6.05. The lowest BCUT2D eigenvalue weighted by Gasteiger charge is -2.22. The van der Waals surface area contributed by atoms with Crippen LogP contribution >= 0.6 is 0 Å². The van der Waals surface area contributed by atoms with Crippen LogP contribution in [0.1, 0.15) is 46.0 Å². The predicted octanol–water partition coefficient (Wildman–Crippen LogP) is 0.986. The monoisotopic (exact) mass is 293 g/mol. The maximum absolute atomic E-state index is 12.3. The number of likely N-dealkylation sites (tertiary alicyclic amines) is 2. The highest BCUT2D eigenvalue weighted by Crippen LogP contribution is 2.31. The van der Waals surface area contributed by atoms with Gasteiger partial charge in [0.05, 0.1) is 12.5 Å². The molecule has 0 aromatic carbocycles. The van der Waals surface area contributed by atoms with Crippen molar-refractivity contribution in [2.24, 2.45) is 5.92 Å². The van der Waals surface area contributed by atoms with Crippen LogP contribution in [0.4, 0.5) is 0 Å². The van der Waals surface area contributed by atoms with Gasteiger partial charge in [0.15, 0.2) is 0 Å². The number of hydrogen-bond donors (Lipinski definition) is 1. The van der Waals surface area contributed by atoms with E-state index >= 15 is 0 Å². The van der Waals surface area contributed by atoms with Crippen LogP contribution in [-0.4, -0.2) is 59.4 Å². The van der Waals surface area contributed by atoms with Gasteiger partial charge in [0.25, 0.3) is 0 Å². The molecule has 0 radical (unpaired) electrons. The van der Waals surface area contributed by atoms with E-state index in [1.165, 1.54) is 30.7 Å². The van der Waals surface area contributed by atoms with Crippen molar-refractivity contribution >= 4 is 11.8 Å². The summed E-state index contributed by atoms with van der Waals surface area (Å²) in [5.41, 5.74) is 0. The normalized spacial score (nSPS) is 32.2. The Kier molecular flexibility index (Phi) is 4.31. The zero-order valence-corrected chi connectivity index (χ0v) is 13.2. The van der Waals surface area contributed by atoms with Crippen molar-refractivity contribution in [3.05, 3.63) is 0 Å². The number of hydrogen-bond acceptors (Lipinski definition) is 4. The Morgan fingerprint density at radius 1 is 1.29 bits per heavy atom. The summed E-state index contributed by atoms with van der Waals surface area (Å²) in [4.78, 5) is 28.4. The molecule has 1 aliphatic carbocycles. The minimum Gasteiger partial charge on any atom is -0.305 e. The molecule has 3 rings (SSSR count). The maximum atomic E-state index is 12.3. The molecule has 0 spiro atoms. The quantitative estimate of drug-likeness (QED) is 0.742. The van der Waals surface area contributed by atoms with Crippen molar-refractivity contribution < 1.29 is 9.59 Å². The summed E-state index contributed by atoms with van der Waals surface area (Å²) in [7, 11) is 0. The summed E-state index contributed by atoms with van der Waals surface area (Å²) in [6.07, 6.45) is 5.10. The van der Waals surface area contributed by atoms with Gasteiger partial charge in [-0.3, -0.25) is 14.5 Å². The number of rotatable bonds is 6. The van der Waals surface area contributed by atoms with Gasteiger partial charge in [-0.2, -0.15) is 0 Å². The summed E-state index contributed by atoms with van der Waals surface area (Å²) in [5.74, 6) is 0.593. The van der Waals surface area contributed by atoms with Gasteiger partial charge in [-0.1, -0.05) is 6.92 Å². The summed E-state index contributed by atoms with van der Waals surface area (Å²) in [6.45, 7) is 7.18. The van der Waals surface area contributed by atoms with E-state index in [0.29, 0.717) is 12.3 Å². The fraction of sp³-hybridized carbons (Fsp3) is 0.875. The van der Waals surface area contributed by atoms with Crippen LogP contribution < -0.4 is 5.32 Å². The van der Waals surface area contributed by atoms with Crippen LogP contribution in [0, 0.1) is 5.92 Å². The van der Waals surface area contributed by atoms with Crippen LogP contribution in [0.25, 0.3) is 0 Å². The first-order valence-electron chi connectivity index (χ1n) is 8.43. The zero-order valence-electron chi connectivity index (χ0n) is 13.2. The number of imide groups is 1. The van der Waals surface area contributed by atoms with Gasteiger partial charge in [-0.05, 0) is 51.6 Å². The average Bonchev–Trinajstić information content (AvgIpc) is 3.14. The Morgan fingerprint density at radius 3 is 2.71 bits per heavy atom. The summed E-state index contributed by atoms with van der Waals surface area (Å²) in [6, 6.07) is 0.570. The lowest BCUT2D eigenvalue weighted by atomic mass is 10.1. The molecule has 1 N–H and O–H groups in total. The van der Waals surface area contributed by atoms with E-state index in [9.17, 15) is 9.59 Å². The molecule has 0 aromatic rings. The Morgan fingerprint density at radius 2 is 2.05 bits per heavy atom. The Bertz CT molecular complexity index is 422. The zero-order chi connectivity index (χ0) is 15.0. The Balaban J connectivity index is 1.47. The van der Waals surface area contributed by atoms with Crippen LogP contribution in [-0.2, 0) is 9.59 Å². The standard InChI is InChI=1S/C16H27N3O2/c1-3-11(2)19-15(20)8-14(16(19)21)17-9-12-6-7-18(10-12)13-4-5-13/h11-14,17H,3-10H2,1-2H3. The molecule has 3 unspecified atom stereocenters. The molecule has 3 atom stereocenters. The number of carbonyl (C=O) groups excluding carboxylic acids is 2. The Hall–Kier alpha value is -0.940. The molecular weight excluding hydrogens is 266 g/mol. The number of nitrogens with one attached hydrogen (secondary N) is 1. The van der Waals surface area contributed by atoms with Gasteiger partial charge in [-0.15, -0.1) is 0 Å². The number of nitrogens with zero attached hydrogens (tertiary/aromatic N) is 2. The minimum absolute atomic E-state index is 0.0159. The van der Waals surface area contributed by atoms with Gasteiger partial charge in [0.2, 0.25) is 11.8 Å². The van der Waals surface area contributed by atoms with Crippen molar-refractivity contribution in [2.75, 3.05) is 19.6 Å². The lowest BCUT2D eigenvalue weighted by Crippen LogP contribution is -2.44. The van der Waals surface area contributed by atoms with E-state index in [1.807, 2.05) is 13.8 Å². The summed E-state index contributed by atoms with van der Waals surface area (Å²) in [5, 5.41) is 3.35. The second kappa shape index (κ2) is 6.05. The smallest absolute Gasteiger partial charge is 0.247 e. The van der Waals surface area contributed by atoms with Crippen molar-refractivity contribution in [3.8, 4) is 0 Å². The van der Waals surface area contributed by atoms with E-state index in [2.05, 4.69) is 10.2 Å². The Labute approximate surface area is 127 Å². The first-order chi connectivity index (χ1) is 10.1. The van der Waals surface area contributed by atoms with Crippen LogP contribution in [0.15, 0.2) is 0 Å². The molecule has 2 amide bonds. The number of carbonyl (C=O) groups is 2. The van der Waals surface area contributed by atoms with Gasteiger partial charge in [0.1, 0.15) is 0 Å². The molecule has 5 heteroatoms. The van der Waals surface area contributed by atoms with E-state index in [1.54, 1.807) is 0 Å². The van der Waals surface area contributed by atoms with Crippen LogP contribution in [0.2, 0.25) is 0 Å². The van der Waals surface area contributed by atoms with Gasteiger partial charge >= 0.3 is 0 Å². The van der Waals surface area contributed by atoms with Gasteiger partial charge < -0.3 is 10.2 Å². The first kappa shape index (κ1) is 15.0. The fourth-order valence-corrected chi connectivity index (χ4v) is 3.57. The molecular formula is C16H27N3O2. The third-order valence-corrected chi connectivity index (χ3v) is 5.25. The highest BCUT2D eigenvalue weighted by Gasteiger charge is 2.41. The van der Waals surface area contributed by atoms with E-state index in [-0.39, 0.29) is 23.9 Å². The molecule has 2 aliphatic heterocycles. The van der Waals surface area contributed by atoms with Crippen LogP contribution in [0.3, 0.4) is 0 Å². The second-order valence-corrected chi connectivity index (χ2v) is 6.91. The molecule has 5 nitrogen and oxygen atoms in total. The predicted molar refractivity (Wildman–Crippen MR) is 80.7 cm³/mol. The number of amides is 2. The van der Waals surface area contributed by atoms with E-state index in [0.717, 1.165) is 25.6 Å². The molecule has 0 bridgehead atoms. The highest BCUT2D eigenvalue weighted by atomic mass is 16.2. The molecule has 2 heterocycles.